The fourth-order valence-electron chi connectivity index (χ4n) is 3.76. The first-order valence-electron chi connectivity index (χ1n) is 11.3. The number of carbonyl (C=O) groups excluding carboxylic acids is 2. The average molecular weight is 451 g/mol. The molecule has 1 heterocycles. The Morgan fingerprint density at radius 3 is 2.42 bits per heavy atom. The molecule has 0 saturated carbocycles. The monoisotopic (exact) mass is 450 g/mol. The Morgan fingerprint density at radius 1 is 1.03 bits per heavy atom. The van der Waals surface area contributed by atoms with E-state index in [4.69, 9.17) is 0 Å². The zero-order valence-corrected chi connectivity index (χ0v) is 19.4. The molecule has 3 rings (SSSR count). The van der Waals surface area contributed by atoms with Gasteiger partial charge in [0.05, 0.1) is 5.56 Å². The lowest BCUT2D eigenvalue weighted by Crippen LogP contribution is -2.39. The van der Waals surface area contributed by atoms with Crippen LogP contribution in [0.15, 0.2) is 60.4 Å². The molecule has 0 unspecified atom stereocenters. The molecule has 0 aliphatic heterocycles. The summed E-state index contributed by atoms with van der Waals surface area (Å²) >= 11 is 0. The maximum Gasteiger partial charge on any atom is 0.267 e. The van der Waals surface area contributed by atoms with Gasteiger partial charge in [-0.2, -0.15) is 0 Å². The van der Waals surface area contributed by atoms with E-state index in [1.54, 1.807) is 12.1 Å². The normalized spacial score (nSPS) is 11.7. The largest absolute Gasteiger partial charge is 0.349 e. The number of halogens is 1. The van der Waals surface area contributed by atoms with Crippen LogP contribution in [0.2, 0.25) is 0 Å². The first kappa shape index (κ1) is 24.2. The van der Waals surface area contributed by atoms with Crippen LogP contribution >= 0.6 is 0 Å². The summed E-state index contributed by atoms with van der Waals surface area (Å²) in [6.07, 6.45) is 3.60. The number of hydrogen-bond acceptors (Lipinski definition) is 3. The van der Waals surface area contributed by atoms with Gasteiger partial charge in [-0.1, -0.05) is 44.2 Å². The molecule has 0 fully saturated rings. The van der Waals surface area contributed by atoms with Crippen LogP contribution in [0.25, 0.3) is 17.0 Å². The van der Waals surface area contributed by atoms with Crippen LogP contribution in [0.1, 0.15) is 36.7 Å². The number of carbonyl (C=O) groups is 2. The van der Waals surface area contributed by atoms with Gasteiger partial charge in [0.15, 0.2) is 0 Å². The number of hydrogen-bond donors (Lipinski definition) is 2. The summed E-state index contributed by atoms with van der Waals surface area (Å²) in [5.41, 5.74) is 1.79. The van der Waals surface area contributed by atoms with Crippen molar-refractivity contribution in [1.82, 2.24) is 20.1 Å². The molecule has 1 aromatic heterocycles. The summed E-state index contributed by atoms with van der Waals surface area (Å²) in [6.45, 7) is 9.84. The van der Waals surface area contributed by atoms with Crippen LogP contribution in [-0.2, 0) is 11.3 Å². The second-order valence-electron chi connectivity index (χ2n) is 7.66. The van der Waals surface area contributed by atoms with Crippen molar-refractivity contribution < 1.29 is 14.0 Å². The highest BCUT2D eigenvalue weighted by molar-refractivity contribution is 6.06. The molecule has 0 aliphatic carbocycles. The predicted octanol–water partition coefficient (Wildman–Crippen LogP) is 4.03. The molecule has 0 atom stereocenters. The lowest BCUT2D eigenvalue weighted by molar-refractivity contribution is -0.117. The van der Waals surface area contributed by atoms with Crippen molar-refractivity contribution in [2.75, 3.05) is 26.2 Å². The number of likely N-dealkylation sites (N-methyl/N-ethyl adjacent to an activating group) is 1. The van der Waals surface area contributed by atoms with Crippen LogP contribution in [-0.4, -0.2) is 47.5 Å². The molecular weight excluding hydrogens is 419 g/mol. The highest BCUT2D eigenvalue weighted by Gasteiger charge is 2.18. The third kappa shape index (κ3) is 5.87. The number of aromatic nitrogens is 1. The Hall–Kier alpha value is -3.45. The van der Waals surface area contributed by atoms with Crippen LogP contribution in [0, 0.1) is 5.82 Å². The van der Waals surface area contributed by atoms with Crippen molar-refractivity contribution in [2.45, 2.75) is 27.3 Å². The lowest BCUT2D eigenvalue weighted by atomic mass is 10.1. The number of aryl methyl sites for hydroxylation is 1. The van der Waals surface area contributed by atoms with Crippen molar-refractivity contribution in [2.24, 2.45) is 0 Å². The van der Waals surface area contributed by atoms with Gasteiger partial charge in [-0.25, -0.2) is 4.39 Å². The molecule has 2 aromatic carbocycles. The minimum Gasteiger partial charge on any atom is -0.349 e. The average Bonchev–Trinajstić information content (AvgIpc) is 3.19. The number of para-hydroxylation sites is 1. The number of nitrogens with zero attached hydrogens (tertiary/aromatic N) is 2. The van der Waals surface area contributed by atoms with E-state index in [0.717, 1.165) is 36.1 Å². The summed E-state index contributed by atoms with van der Waals surface area (Å²) < 4.78 is 16.2. The Labute approximate surface area is 194 Å². The van der Waals surface area contributed by atoms with Gasteiger partial charge in [-0.3, -0.25) is 9.59 Å². The fraction of sp³-hybridized carbons (Fsp3) is 0.308. The summed E-state index contributed by atoms with van der Waals surface area (Å²) in [4.78, 5) is 28.0. The summed E-state index contributed by atoms with van der Waals surface area (Å²) in [5.74, 6) is -1.73. The number of benzene rings is 2. The van der Waals surface area contributed by atoms with Crippen LogP contribution in [0.5, 0.6) is 0 Å². The van der Waals surface area contributed by atoms with Crippen LogP contribution < -0.4 is 10.6 Å². The van der Waals surface area contributed by atoms with E-state index in [-0.39, 0.29) is 11.3 Å². The molecule has 0 saturated heterocycles. The van der Waals surface area contributed by atoms with E-state index >= 15 is 0 Å². The van der Waals surface area contributed by atoms with Gasteiger partial charge in [0.25, 0.3) is 11.8 Å². The van der Waals surface area contributed by atoms with Gasteiger partial charge in [0.1, 0.15) is 11.5 Å². The molecule has 0 bridgehead atoms. The molecule has 6 nitrogen and oxygen atoms in total. The summed E-state index contributed by atoms with van der Waals surface area (Å²) in [6, 6.07) is 13.6. The van der Waals surface area contributed by atoms with E-state index in [0.29, 0.717) is 13.1 Å². The first-order valence-corrected chi connectivity index (χ1v) is 11.3. The molecule has 0 aliphatic rings. The minimum atomic E-state index is -0.669. The Morgan fingerprint density at radius 2 is 1.73 bits per heavy atom. The van der Waals surface area contributed by atoms with Crippen molar-refractivity contribution in [3.05, 3.63) is 77.4 Å². The number of fused-ring (bicyclic) bond motifs is 1. The molecule has 174 valence electrons. The Balaban J connectivity index is 1.92. The van der Waals surface area contributed by atoms with Gasteiger partial charge >= 0.3 is 0 Å². The molecule has 7 heteroatoms. The third-order valence-electron chi connectivity index (χ3n) is 5.68. The molecule has 0 radical (unpaired) electrons. The molecule has 0 spiro atoms. The first-order chi connectivity index (χ1) is 16.0. The molecular formula is C26H31FN4O2. The van der Waals surface area contributed by atoms with E-state index in [2.05, 4.69) is 33.9 Å². The summed E-state index contributed by atoms with van der Waals surface area (Å²) in [5, 5.41) is 6.47. The van der Waals surface area contributed by atoms with Gasteiger partial charge in [0, 0.05) is 42.3 Å². The number of rotatable bonds is 10. The fourth-order valence-corrected chi connectivity index (χ4v) is 3.76. The Bertz CT molecular complexity index is 1150. The maximum atomic E-state index is 14.2. The van der Waals surface area contributed by atoms with E-state index in [1.165, 1.54) is 18.2 Å². The summed E-state index contributed by atoms with van der Waals surface area (Å²) in [7, 11) is 0. The maximum absolute atomic E-state index is 14.2. The van der Waals surface area contributed by atoms with Gasteiger partial charge in [-0.15, -0.1) is 0 Å². The van der Waals surface area contributed by atoms with Gasteiger partial charge < -0.3 is 20.1 Å². The van der Waals surface area contributed by atoms with Gasteiger partial charge in [-0.05, 0) is 44.3 Å². The molecule has 2 N–H and O–H groups in total. The minimum absolute atomic E-state index is 0.0711. The highest BCUT2D eigenvalue weighted by Crippen LogP contribution is 2.23. The van der Waals surface area contributed by atoms with Crippen LogP contribution in [0.3, 0.4) is 0 Å². The predicted molar refractivity (Wildman–Crippen MR) is 130 cm³/mol. The SMILES string of the molecule is CCN(CC)CCNC(=O)C(=Cc1cn(CC)c2ccccc12)NC(=O)c1ccccc1F. The topological polar surface area (TPSA) is 66.4 Å². The second kappa shape index (κ2) is 11.4. The van der Waals surface area contributed by atoms with E-state index in [9.17, 15) is 14.0 Å². The van der Waals surface area contributed by atoms with Gasteiger partial charge in [0.2, 0.25) is 0 Å². The molecule has 33 heavy (non-hydrogen) atoms. The van der Waals surface area contributed by atoms with Crippen molar-refractivity contribution in [1.29, 1.82) is 0 Å². The standard InChI is InChI=1S/C26H31FN4O2/c1-4-30(5-2)16-15-28-26(33)23(29-25(32)21-12-7-9-13-22(21)27)17-19-18-31(6-3)24-14-10-8-11-20(19)24/h7-14,17-18H,4-6,15-16H2,1-3H3,(H,28,33)(H,29,32). The number of nitrogens with one attached hydrogen (secondary N) is 2. The zero-order valence-electron chi connectivity index (χ0n) is 19.4. The van der Waals surface area contributed by atoms with E-state index < -0.39 is 17.6 Å². The molecule has 3 aromatic rings. The quantitative estimate of drug-likeness (QED) is 0.459. The smallest absolute Gasteiger partial charge is 0.267 e. The third-order valence-corrected chi connectivity index (χ3v) is 5.68. The van der Waals surface area contributed by atoms with Crippen LogP contribution in [0.4, 0.5) is 4.39 Å². The van der Waals surface area contributed by atoms with Crippen molar-refractivity contribution >= 4 is 28.8 Å². The van der Waals surface area contributed by atoms with Crippen molar-refractivity contribution in [3.63, 3.8) is 0 Å². The van der Waals surface area contributed by atoms with Crippen molar-refractivity contribution in [3.8, 4) is 0 Å². The second-order valence-corrected chi connectivity index (χ2v) is 7.66. The number of amides is 2. The zero-order chi connectivity index (χ0) is 23.8. The Kier molecular flexibility index (Phi) is 8.38. The molecule has 2 amide bonds. The lowest BCUT2D eigenvalue weighted by Gasteiger charge is -2.18. The highest BCUT2D eigenvalue weighted by atomic mass is 19.1. The van der Waals surface area contributed by atoms with E-state index in [1.807, 2.05) is 37.4 Å².